The Morgan fingerprint density at radius 2 is 1.72 bits per heavy atom. The maximum absolute atomic E-state index is 12.7. The third-order valence-corrected chi connectivity index (χ3v) is 6.82. The van der Waals surface area contributed by atoms with E-state index in [4.69, 9.17) is 0 Å². The zero-order valence-electron chi connectivity index (χ0n) is 15.4. The first kappa shape index (κ1) is 21.1. The highest BCUT2D eigenvalue weighted by atomic mass is 79.9. The van der Waals surface area contributed by atoms with Crippen LogP contribution in [0.2, 0.25) is 0 Å². The van der Waals surface area contributed by atoms with Crippen molar-refractivity contribution < 1.29 is 18.0 Å². The molecule has 11 heteroatoms. The number of nitrogens with zero attached hydrogens (tertiary/aromatic N) is 1. The first-order chi connectivity index (χ1) is 13.7. The Morgan fingerprint density at radius 1 is 1.07 bits per heavy atom. The van der Waals surface area contributed by atoms with Gasteiger partial charge in [0.1, 0.15) is 15.5 Å². The summed E-state index contributed by atoms with van der Waals surface area (Å²) in [5.41, 5.74) is 6.23. The van der Waals surface area contributed by atoms with Crippen molar-refractivity contribution in [2.45, 2.75) is 11.8 Å². The smallest absolute Gasteiger partial charge is 0.286 e. The molecule has 2 aromatic heterocycles. The lowest BCUT2D eigenvalue weighted by molar-refractivity contribution is 0.0842. The number of sulfonamides is 1. The zero-order valence-corrected chi connectivity index (χ0v) is 18.6. The molecule has 3 N–H and O–H groups in total. The number of carbonyl (C=O) groups is 2. The number of halogens is 1. The van der Waals surface area contributed by atoms with E-state index < -0.39 is 21.8 Å². The van der Waals surface area contributed by atoms with E-state index in [0.717, 1.165) is 16.9 Å². The van der Waals surface area contributed by atoms with Crippen LogP contribution in [0, 0.1) is 6.92 Å². The minimum Gasteiger partial charge on any atom is -0.345 e. The van der Waals surface area contributed by atoms with Crippen LogP contribution in [0.5, 0.6) is 0 Å². The first-order valence-electron chi connectivity index (χ1n) is 8.27. The van der Waals surface area contributed by atoms with E-state index in [0.29, 0.717) is 15.9 Å². The van der Waals surface area contributed by atoms with Gasteiger partial charge in [0.15, 0.2) is 0 Å². The van der Waals surface area contributed by atoms with Crippen molar-refractivity contribution in [1.29, 1.82) is 0 Å². The van der Waals surface area contributed by atoms with Crippen LogP contribution in [0.4, 0.5) is 5.69 Å². The minimum atomic E-state index is -3.98. The molecule has 29 heavy (non-hydrogen) atoms. The Kier molecular flexibility index (Phi) is 6.10. The van der Waals surface area contributed by atoms with Crippen molar-refractivity contribution in [3.05, 3.63) is 68.6 Å². The second-order valence-electron chi connectivity index (χ2n) is 6.15. The van der Waals surface area contributed by atoms with E-state index in [1.807, 2.05) is 6.92 Å². The third kappa shape index (κ3) is 4.86. The molecule has 0 atom stereocenters. The van der Waals surface area contributed by atoms with E-state index in [1.54, 1.807) is 48.1 Å². The van der Waals surface area contributed by atoms with Gasteiger partial charge in [0.2, 0.25) is 0 Å². The molecule has 0 aliphatic heterocycles. The van der Waals surface area contributed by atoms with Crippen LogP contribution in [0.1, 0.15) is 25.7 Å². The van der Waals surface area contributed by atoms with Gasteiger partial charge in [-0.2, -0.15) is 0 Å². The summed E-state index contributed by atoms with van der Waals surface area (Å²) in [7, 11) is -2.29. The SMILES string of the molecule is Cc1ccc(NS(=O)(=O)c2ccsc2C(=O)NNC(=O)c2cc(Br)cn2C)cc1. The van der Waals surface area contributed by atoms with Gasteiger partial charge in [0, 0.05) is 23.4 Å². The number of aromatic nitrogens is 1. The van der Waals surface area contributed by atoms with E-state index in [-0.39, 0.29) is 9.77 Å². The number of amides is 2. The summed E-state index contributed by atoms with van der Waals surface area (Å²) in [4.78, 5) is 24.5. The predicted molar refractivity (Wildman–Crippen MR) is 114 cm³/mol. The summed E-state index contributed by atoms with van der Waals surface area (Å²) in [5, 5.41) is 1.49. The van der Waals surface area contributed by atoms with Crippen LogP contribution in [0.3, 0.4) is 0 Å². The third-order valence-electron chi connectivity index (χ3n) is 3.92. The van der Waals surface area contributed by atoms with Crippen LogP contribution in [-0.4, -0.2) is 24.8 Å². The number of nitrogens with one attached hydrogen (secondary N) is 3. The topological polar surface area (TPSA) is 109 Å². The zero-order chi connectivity index (χ0) is 21.2. The number of aryl methyl sites for hydroxylation is 2. The molecule has 2 heterocycles. The first-order valence-corrected chi connectivity index (χ1v) is 11.4. The largest absolute Gasteiger partial charge is 0.345 e. The molecule has 0 bridgehead atoms. The molecule has 0 radical (unpaired) electrons. The number of benzene rings is 1. The minimum absolute atomic E-state index is 0.0435. The molecule has 0 spiro atoms. The molecule has 0 aliphatic carbocycles. The van der Waals surface area contributed by atoms with Gasteiger partial charge in [-0.25, -0.2) is 8.42 Å². The number of hydrogen-bond acceptors (Lipinski definition) is 5. The van der Waals surface area contributed by atoms with Crippen molar-refractivity contribution in [2.75, 3.05) is 4.72 Å². The predicted octanol–water partition coefficient (Wildman–Crippen LogP) is 3.03. The Morgan fingerprint density at radius 3 is 2.34 bits per heavy atom. The van der Waals surface area contributed by atoms with Crippen LogP contribution in [-0.2, 0) is 17.1 Å². The summed E-state index contributed by atoms with van der Waals surface area (Å²) in [6.45, 7) is 1.89. The molecule has 8 nitrogen and oxygen atoms in total. The van der Waals surface area contributed by atoms with Crippen molar-refractivity contribution in [3.8, 4) is 0 Å². The molecule has 3 aromatic rings. The molecule has 152 valence electrons. The fraction of sp³-hybridized carbons (Fsp3) is 0.111. The molecule has 2 amide bonds. The Bertz CT molecular complexity index is 1170. The Balaban J connectivity index is 1.73. The van der Waals surface area contributed by atoms with Crippen LogP contribution in [0.15, 0.2) is 57.3 Å². The van der Waals surface area contributed by atoms with Crippen molar-refractivity contribution in [3.63, 3.8) is 0 Å². The molecule has 0 unspecified atom stereocenters. The maximum atomic E-state index is 12.7. The molecule has 0 aliphatic rings. The van der Waals surface area contributed by atoms with Gasteiger partial charge in [0.05, 0.1) is 0 Å². The second-order valence-corrected chi connectivity index (χ2v) is 9.63. The average molecular weight is 497 g/mol. The van der Waals surface area contributed by atoms with E-state index in [2.05, 4.69) is 31.5 Å². The number of hydrogen-bond donors (Lipinski definition) is 3. The standard InChI is InChI=1S/C18H17BrN4O4S2/c1-11-3-5-13(6-4-11)22-29(26,27)15-7-8-28-16(15)18(25)21-20-17(24)14-9-12(19)10-23(14)2/h3-10,22H,1-2H3,(H,20,24)(H,21,25). The fourth-order valence-corrected chi connectivity index (χ4v) is 5.40. The summed E-state index contributed by atoms with van der Waals surface area (Å²) in [5.74, 6) is -1.27. The summed E-state index contributed by atoms with van der Waals surface area (Å²) < 4.78 is 30.1. The summed E-state index contributed by atoms with van der Waals surface area (Å²) in [6, 6.07) is 9.75. The van der Waals surface area contributed by atoms with Gasteiger partial charge in [-0.3, -0.25) is 25.2 Å². The number of carbonyl (C=O) groups excluding carboxylic acids is 2. The van der Waals surface area contributed by atoms with E-state index >= 15 is 0 Å². The molecule has 0 fully saturated rings. The van der Waals surface area contributed by atoms with Crippen LogP contribution < -0.4 is 15.6 Å². The molecule has 0 saturated carbocycles. The fourth-order valence-electron chi connectivity index (χ4n) is 2.49. The molecular formula is C18H17BrN4O4S2. The Labute approximate surface area is 180 Å². The normalized spacial score (nSPS) is 11.1. The van der Waals surface area contributed by atoms with Crippen molar-refractivity contribution >= 4 is 54.8 Å². The van der Waals surface area contributed by atoms with Gasteiger partial charge in [-0.1, -0.05) is 17.7 Å². The van der Waals surface area contributed by atoms with Crippen LogP contribution >= 0.6 is 27.3 Å². The van der Waals surface area contributed by atoms with Gasteiger partial charge < -0.3 is 4.57 Å². The summed E-state index contributed by atoms with van der Waals surface area (Å²) >= 11 is 4.22. The lowest BCUT2D eigenvalue weighted by Gasteiger charge is -2.10. The monoisotopic (exact) mass is 496 g/mol. The maximum Gasteiger partial charge on any atom is 0.286 e. The number of anilines is 1. The summed E-state index contributed by atoms with van der Waals surface area (Å²) in [6.07, 6.45) is 1.69. The van der Waals surface area contributed by atoms with E-state index in [1.165, 1.54) is 11.4 Å². The lowest BCUT2D eigenvalue weighted by atomic mass is 10.2. The van der Waals surface area contributed by atoms with Crippen LogP contribution in [0.25, 0.3) is 0 Å². The van der Waals surface area contributed by atoms with Gasteiger partial charge in [-0.05, 0) is 52.5 Å². The van der Waals surface area contributed by atoms with Gasteiger partial charge in [-0.15, -0.1) is 11.3 Å². The molecular weight excluding hydrogens is 480 g/mol. The molecule has 3 rings (SSSR count). The van der Waals surface area contributed by atoms with Crippen molar-refractivity contribution in [1.82, 2.24) is 15.4 Å². The Hall–Kier alpha value is -2.63. The average Bonchev–Trinajstić information content (AvgIpc) is 3.28. The number of rotatable bonds is 5. The van der Waals surface area contributed by atoms with Crippen molar-refractivity contribution in [2.24, 2.45) is 7.05 Å². The van der Waals surface area contributed by atoms with Gasteiger partial charge >= 0.3 is 0 Å². The molecule has 1 aromatic carbocycles. The highest BCUT2D eigenvalue weighted by molar-refractivity contribution is 9.10. The highest BCUT2D eigenvalue weighted by Crippen LogP contribution is 2.24. The quantitative estimate of drug-likeness (QED) is 0.471. The van der Waals surface area contributed by atoms with Gasteiger partial charge in [0.25, 0.3) is 21.8 Å². The highest BCUT2D eigenvalue weighted by Gasteiger charge is 2.25. The number of thiophene rings is 1. The lowest BCUT2D eigenvalue weighted by Crippen LogP contribution is -2.42. The second kappa shape index (κ2) is 8.39. The molecule has 0 saturated heterocycles. The van der Waals surface area contributed by atoms with E-state index in [9.17, 15) is 18.0 Å². The number of hydrazine groups is 1.